The van der Waals surface area contributed by atoms with E-state index in [2.05, 4.69) is 4.57 Å². The summed E-state index contributed by atoms with van der Waals surface area (Å²) in [7, 11) is 3.23. The van der Waals surface area contributed by atoms with Gasteiger partial charge in [-0.15, -0.1) is 0 Å². The molecule has 170 valence electrons. The fourth-order valence-electron chi connectivity index (χ4n) is 4.59. The Morgan fingerprint density at radius 2 is 1.70 bits per heavy atom. The van der Waals surface area contributed by atoms with Crippen molar-refractivity contribution in [2.45, 2.75) is 33.8 Å². The molecule has 33 heavy (non-hydrogen) atoms. The van der Waals surface area contributed by atoms with Gasteiger partial charge in [-0.2, -0.15) is 0 Å². The van der Waals surface area contributed by atoms with Crippen LogP contribution in [0, 0.1) is 0 Å². The first kappa shape index (κ1) is 22.4. The summed E-state index contributed by atoms with van der Waals surface area (Å²) in [4.78, 5) is 26.5. The number of benzene rings is 1. The third kappa shape index (κ3) is 3.33. The lowest BCUT2D eigenvalue weighted by Gasteiger charge is -2.30. The minimum atomic E-state index is -0.487. The second-order valence-electron chi connectivity index (χ2n) is 8.10. The van der Waals surface area contributed by atoms with Crippen LogP contribution >= 0.6 is 0 Å². The number of nitrogens with zero attached hydrogens (tertiary/aromatic N) is 3. The number of hydrogen-bond acceptors (Lipinski definition) is 3. The number of aryl methyl sites for hydroxylation is 1. The van der Waals surface area contributed by atoms with Crippen LogP contribution in [0.15, 0.2) is 76.1 Å². The van der Waals surface area contributed by atoms with Crippen molar-refractivity contribution in [1.29, 1.82) is 0 Å². The number of hydrogen-bond donors (Lipinski definition) is 0. The Balaban J connectivity index is 2.32. The largest absolute Gasteiger partial charge is 0.478 e. The highest BCUT2D eigenvalue weighted by atomic mass is 16.5. The van der Waals surface area contributed by atoms with Crippen LogP contribution in [-0.4, -0.2) is 13.7 Å². The Morgan fingerprint density at radius 3 is 2.30 bits per heavy atom. The summed E-state index contributed by atoms with van der Waals surface area (Å²) in [5.41, 5.74) is 4.15. The molecule has 0 N–H and O–H groups in total. The fraction of sp³-hybridized carbons (Fsp3) is 0.259. The van der Waals surface area contributed by atoms with Gasteiger partial charge in [0.1, 0.15) is 5.76 Å². The Labute approximate surface area is 193 Å². The molecule has 6 heteroatoms. The van der Waals surface area contributed by atoms with Crippen molar-refractivity contribution in [3.63, 3.8) is 0 Å². The molecule has 0 amide bonds. The van der Waals surface area contributed by atoms with Gasteiger partial charge >= 0.3 is 5.69 Å². The summed E-state index contributed by atoms with van der Waals surface area (Å²) in [6, 6.07) is 9.89. The van der Waals surface area contributed by atoms with Crippen molar-refractivity contribution in [2.24, 2.45) is 14.1 Å². The predicted octanol–water partition coefficient (Wildman–Crippen LogP) is 4.90. The maximum Gasteiger partial charge on any atom is 0.331 e. The molecule has 3 heterocycles. The van der Waals surface area contributed by atoms with E-state index < -0.39 is 6.10 Å². The monoisotopic (exact) mass is 443 g/mol. The zero-order chi connectivity index (χ0) is 23.9. The molecule has 0 radical (unpaired) electrons. The van der Waals surface area contributed by atoms with Crippen LogP contribution in [0.25, 0.3) is 22.2 Å². The number of allylic oxidation sites excluding steroid dienone is 7. The molecule has 3 aromatic rings. The maximum absolute atomic E-state index is 13.5. The second-order valence-corrected chi connectivity index (χ2v) is 8.10. The summed E-state index contributed by atoms with van der Waals surface area (Å²) in [6.45, 7) is 7.82. The van der Waals surface area contributed by atoms with Crippen molar-refractivity contribution in [2.75, 3.05) is 0 Å². The van der Waals surface area contributed by atoms with Crippen molar-refractivity contribution in [1.82, 2.24) is 13.7 Å². The number of aromatic nitrogens is 3. The molecule has 1 aromatic carbocycles. The summed E-state index contributed by atoms with van der Waals surface area (Å²) in [6.07, 6.45) is 9.31. The SMILES string of the molecule is C/C=C\C1=C(C)n2c(C(/C=C\C)=C/C)c3c(=O)n(C)c(=O)n(C)c3c2C(c2ccccc2)O1. The molecule has 0 saturated carbocycles. The first-order chi connectivity index (χ1) is 15.9. The summed E-state index contributed by atoms with van der Waals surface area (Å²) >= 11 is 0. The molecular weight excluding hydrogens is 414 g/mol. The molecule has 0 saturated heterocycles. The Morgan fingerprint density at radius 1 is 1.00 bits per heavy atom. The molecule has 6 nitrogen and oxygen atoms in total. The number of rotatable bonds is 4. The second kappa shape index (κ2) is 8.62. The molecule has 0 bridgehead atoms. The number of fused-ring (bicyclic) bond motifs is 3. The lowest BCUT2D eigenvalue weighted by atomic mass is 10.0. The van der Waals surface area contributed by atoms with Gasteiger partial charge in [-0.05, 0) is 44.9 Å². The van der Waals surface area contributed by atoms with Crippen LogP contribution < -0.4 is 11.2 Å². The van der Waals surface area contributed by atoms with Gasteiger partial charge in [0.05, 0.1) is 28.0 Å². The normalized spacial score (nSPS) is 16.8. The van der Waals surface area contributed by atoms with E-state index in [1.54, 1.807) is 11.6 Å². The van der Waals surface area contributed by atoms with E-state index in [0.29, 0.717) is 10.9 Å². The Hall–Kier alpha value is -3.80. The molecule has 0 aliphatic carbocycles. The van der Waals surface area contributed by atoms with E-state index in [0.717, 1.165) is 34.0 Å². The summed E-state index contributed by atoms with van der Waals surface area (Å²) < 4.78 is 11.3. The molecule has 4 rings (SSSR count). The van der Waals surface area contributed by atoms with Crippen LogP contribution in [0.4, 0.5) is 0 Å². The Kier molecular flexibility index (Phi) is 5.85. The number of ether oxygens (including phenoxy) is 1. The van der Waals surface area contributed by atoms with Crippen molar-refractivity contribution < 1.29 is 4.74 Å². The highest BCUT2D eigenvalue weighted by Gasteiger charge is 2.35. The van der Waals surface area contributed by atoms with Gasteiger partial charge in [0.2, 0.25) is 0 Å². The molecular formula is C27H29N3O3. The quantitative estimate of drug-likeness (QED) is 0.539. The van der Waals surface area contributed by atoms with Crippen molar-refractivity contribution >= 4 is 22.2 Å². The van der Waals surface area contributed by atoms with Crippen molar-refractivity contribution in [3.05, 3.63) is 104 Å². The molecule has 1 aliphatic rings. The van der Waals surface area contributed by atoms with Crippen LogP contribution in [0.3, 0.4) is 0 Å². The molecule has 1 atom stereocenters. The van der Waals surface area contributed by atoms with Crippen LogP contribution in [0.1, 0.15) is 50.8 Å². The average Bonchev–Trinajstić information content (AvgIpc) is 3.18. The van der Waals surface area contributed by atoms with E-state index in [9.17, 15) is 9.59 Å². The third-order valence-electron chi connectivity index (χ3n) is 6.14. The van der Waals surface area contributed by atoms with E-state index in [1.807, 2.05) is 88.4 Å². The average molecular weight is 444 g/mol. The zero-order valence-corrected chi connectivity index (χ0v) is 19.9. The van der Waals surface area contributed by atoms with Crippen molar-refractivity contribution in [3.8, 4) is 0 Å². The smallest absolute Gasteiger partial charge is 0.331 e. The van der Waals surface area contributed by atoms with Gasteiger partial charge in [0.15, 0.2) is 6.10 Å². The third-order valence-corrected chi connectivity index (χ3v) is 6.14. The molecule has 1 aliphatic heterocycles. The fourth-order valence-corrected chi connectivity index (χ4v) is 4.59. The zero-order valence-electron chi connectivity index (χ0n) is 19.9. The highest BCUT2D eigenvalue weighted by Crippen LogP contribution is 2.44. The lowest BCUT2D eigenvalue weighted by Crippen LogP contribution is -2.37. The molecule has 0 fully saturated rings. The van der Waals surface area contributed by atoms with Gasteiger partial charge in [-0.3, -0.25) is 13.9 Å². The summed E-state index contributed by atoms with van der Waals surface area (Å²) in [5, 5.41) is 0.506. The first-order valence-electron chi connectivity index (χ1n) is 11.1. The topological polar surface area (TPSA) is 58.2 Å². The van der Waals surface area contributed by atoms with Crippen LogP contribution in [0.2, 0.25) is 0 Å². The highest BCUT2D eigenvalue weighted by molar-refractivity contribution is 5.98. The van der Waals surface area contributed by atoms with E-state index in [1.165, 1.54) is 11.6 Å². The minimum Gasteiger partial charge on any atom is -0.478 e. The van der Waals surface area contributed by atoms with E-state index in [4.69, 9.17) is 4.74 Å². The predicted molar refractivity (Wildman–Crippen MR) is 134 cm³/mol. The van der Waals surface area contributed by atoms with E-state index >= 15 is 0 Å². The molecule has 0 spiro atoms. The van der Waals surface area contributed by atoms with Crippen LogP contribution in [0.5, 0.6) is 0 Å². The summed E-state index contributed by atoms with van der Waals surface area (Å²) in [5.74, 6) is 0.721. The van der Waals surface area contributed by atoms with E-state index in [-0.39, 0.29) is 11.2 Å². The molecule has 2 aromatic heterocycles. The van der Waals surface area contributed by atoms with Gasteiger partial charge in [0.25, 0.3) is 5.56 Å². The van der Waals surface area contributed by atoms with Gasteiger partial charge in [0, 0.05) is 14.1 Å². The lowest BCUT2D eigenvalue weighted by molar-refractivity contribution is 0.147. The standard InChI is InChI=1S/C27H29N3O3/c1-7-13-18(9-3)22-21-23(28(5)27(32)29(6)26(21)31)24-25(19-15-11-10-12-16-19)33-20(14-8-2)17(4)30(22)24/h7-16,25H,1-6H3/b13-7-,14-8-,18-9+. The van der Waals surface area contributed by atoms with Gasteiger partial charge < -0.3 is 9.30 Å². The first-order valence-corrected chi connectivity index (χ1v) is 11.1. The van der Waals surface area contributed by atoms with Gasteiger partial charge in [-0.25, -0.2) is 4.79 Å². The maximum atomic E-state index is 13.5. The molecule has 1 unspecified atom stereocenters. The van der Waals surface area contributed by atoms with Crippen LogP contribution in [-0.2, 0) is 18.8 Å². The Bertz CT molecular complexity index is 1480. The minimum absolute atomic E-state index is 0.318. The van der Waals surface area contributed by atoms with Gasteiger partial charge in [-0.1, -0.05) is 54.6 Å².